The highest BCUT2D eigenvalue weighted by Gasteiger charge is 2.15. The molecular weight excluding hydrogens is 372 g/mol. The number of nitrogens with zero attached hydrogens (tertiary/aromatic N) is 2. The summed E-state index contributed by atoms with van der Waals surface area (Å²) in [6.45, 7) is 1.35. The molecule has 10 heteroatoms. The molecule has 0 aromatic heterocycles. The molecule has 0 unspecified atom stereocenters. The maximum absolute atomic E-state index is 11.0. The number of carbonyl (C=O) groups excluding carboxylic acids is 1. The number of nitrogens with one attached hydrogen (secondary N) is 2. The number of aromatic hydroxyl groups is 1. The molecule has 140 valence electrons. The lowest BCUT2D eigenvalue weighted by Gasteiger charge is -2.08. The molecule has 0 bridgehead atoms. The Morgan fingerprint density at radius 3 is 2.56 bits per heavy atom. The van der Waals surface area contributed by atoms with Gasteiger partial charge in [0.1, 0.15) is 0 Å². The third kappa shape index (κ3) is 5.47. The van der Waals surface area contributed by atoms with Crippen LogP contribution in [-0.2, 0) is 4.79 Å². The third-order valence-electron chi connectivity index (χ3n) is 3.29. The summed E-state index contributed by atoms with van der Waals surface area (Å²) in [5, 5.41) is 26.5. The summed E-state index contributed by atoms with van der Waals surface area (Å²) in [7, 11) is 1.30. The second-order valence-electron chi connectivity index (χ2n) is 5.28. The third-order valence-corrected chi connectivity index (χ3v) is 3.49. The van der Waals surface area contributed by atoms with Crippen LogP contribution in [0.15, 0.2) is 41.4 Å². The number of hydrogen-bond acceptors (Lipinski definition) is 7. The van der Waals surface area contributed by atoms with E-state index in [0.29, 0.717) is 11.4 Å². The first-order chi connectivity index (χ1) is 12.8. The van der Waals surface area contributed by atoms with E-state index < -0.39 is 4.92 Å². The van der Waals surface area contributed by atoms with Crippen molar-refractivity contribution < 1.29 is 19.6 Å². The van der Waals surface area contributed by atoms with E-state index in [1.54, 1.807) is 24.3 Å². The summed E-state index contributed by atoms with van der Waals surface area (Å²) in [5.74, 6) is -0.539. The minimum Gasteiger partial charge on any atom is -0.504 e. The van der Waals surface area contributed by atoms with Gasteiger partial charge in [-0.3, -0.25) is 19.9 Å². The number of hydrogen-bond donors (Lipinski definition) is 3. The summed E-state index contributed by atoms with van der Waals surface area (Å²) in [6.07, 6.45) is 1.30. The molecule has 27 heavy (non-hydrogen) atoms. The maximum atomic E-state index is 11.0. The first-order valence-corrected chi connectivity index (χ1v) is 7.99. The number of nitro groups is 1. The van der Waals surface area contributed by atoms with Gasteiger partial charge in [-0.25, -0.2) is 0 Å². The Labute approximate surface area is 159 Å². The first-order valence-electron chi connectivity index (χ1n) is 7.58. The fourth-order valence-electron chi connectivity index (χ4n) is 2.07. The number of ether oxygens (including phenoxy) is 1. The number of aliphatic imine (C=N–C) groups is 1. The van der Waals surface area contributed by atoms with E-state index in [1.807, 2.05) is 0 Å². The molecule has 0 fully saturated rings. The standard InChI is InChI=1S/C17H16N4O5S/c1-10(22)19-17(27)20-13-5-3-12(4-6-13)18-9-11-7-14(21(24)25)8-15(26-2)16(11)23/h3-9,23H,1-2H3,(H2,19,20,22,27). The topological polar surface area (TPSA) is 126 Å². The number of rotatable bonds is 5. The van der Waals surface area contributed by atoms with Gasteiger partial charge in [-0.15, -0.1) is 0 Å². The fourth-order valence-corrected chi connectivity index (χ4v) is 2.33. The van der Waals surface area contributed by atoms with Gasteiger partial charge in [0.2, 0.25) is 5.91 Å². The van der Waals surface area contributed by atoms with E-state index in [1.165, 1.54) is 26.3 Å². The number of benzene rings is 2. The van der Waals surface area contributed by atoms with Crippen molar-refractivity contribution in [3.8, 4) is 11.5 Å². The summed E-state index contributed by atoms with van der Waals surface area (Å²) in [4.78, 5) is 25.5. The van der Waals surface area contributed by atoms with Gasteiger partial charge in [-0.05, 0) is 36.5 Å². The highest BCUT2D eigenvalue weighted by molar-refractivity contribution is 7.80. The number of non-ortho nitro benzene ring substituents is 1. The SMILES string of the molecule is COc1cc([N+](=O)[O-])cc(C=Nc2ccc(NC(=S)NC(C)=O)cc2)c1O. The van der Waals surface area contributed by atoms with Crippen LogP contribution in [0, 0.1) is 10.1 Å². The van der Waals surface area contributed by atoms with Gasteiger partial charge >= 0.3 is 0 Å². The highest BCUT2D eigenvalue weighted by Crippen LogP contribution is 2.33. The molecule has 2 aromatic carbocycles. The fraction of sp³-hybridized carbons (Fsp3) is 0.118. The second-order valence-corrected chi connectivity index (χ2v) is 5.69. The van der Waals surface area contributed by atoms with Crippen molar-refractivity contribution in [2.75, 3.05) is 12.4 Å². The molecular formula is C17H16N4O5S. The number of phenols is 1. The van der Waals surface area contributed by atoms with E-state index in [4.69, 9.17) is 17.0 Å². The van der Waals surface area contributed by atoms with Crippen LogP contribution in [0.3, 0.4) is 0 Å². The van der Waals surface area contributed by atoms with E-state index >= 15 is 0 Å². The molecule has 1 amide bonds. The van der Waals surface area contributed by atoms with Crippen LogP contribution in [-0.4, -0.2) is 34.4 Å². The molecule has 0 aliphatic heterocycles. The van der Waals surface area contributed by atoms with Crippen LogP contribution in [0.2, 0.25) is 0 Å². The summed E-state index contributed by atoms with van der Waals surface area (Å²) in [5.41, 5.74) is 1.11. The lowest BCUT2D eigenvalue weighted by Crippen LogP contribution is -2.32. The number of methoxy groups -OCH3 is 1. The van der Waals surface area contributed by atoms with E-state index in [9.17, 15) is 20.0 Å². The van der Waals surface area contributed by atoms with Crippen molar-refractivity contribution in [3.05, 3.63) is 52.1 Å². The Morgan fingerprint density at radius 2 is 2.00 bits per heavy atom. The van der Waals surface area contributed by atoms with Gasteiger partial charge < -0.3 is 20.5 Å². The molecule has 3 N–H and O–H groups in total. The average Bonchev–Trinajstić information content (AvgIpc) is 2.61. The molecule has 0 aliphatic carbocycles. The summed E-state index contributed by atoms with van der Waals surface area (Å²) >= 11 is 4.96. The number of nitro benzene ring substituents is 1. The smallest absolute Gasteiger partial charge is 0.274 e. The molecule has 2 aromatic rings. The molecule has 0 saturated heterocycles. The molecule has 0 spiro atoms. The normalized spacial score (nSPS) is 10.4. The minimum absolute atomic E-state index is 0.0170. The van der Waals surface area contributed by atoms with Crippen LogP contribution < -0.4 is 15.4 Å². The number of amides is 1. The van der Waals surface area contributed by atoms with Crippen molar-refractivity contribution in [1.82, 2.24) is 5.32 Å². The van der Waals surface area contributed by atoms with Crippen molar-refractivity contribution in [2.45, 2.75) is 6.92 Å². The Hall–Kier alpha value is -3.53. The molecule has 0 saturated carbocycles. The lowest BCUT2D eigenvalue weighted by atomic mass is 10.1. The van der Waals surface area contributed by atoms with Crippen molar-refractivity contribution in [3.63, 3.8) is 0 Å². The largest absolute Gasteiger partial charge is 0.504 e. The molecule has 0 aliphatic rings. The molecule has 0 atom stereocenters. The monoisotopic (exact) mass is 388 g/mol. The number of phenolic OH excluding ortho intramolecular Hbond substituents is 1. The van der Waals surface area contributed by atoms with Gasteiger partial charge in [0.15, 0.2) is 16.6 Å². The highest BCUT2D eigenvalue weighted by atomic mass is 32.1. The zero-order chi connectivity index (χ0) is 20.0. The van der Waals surface area contributed by atoms with Gasteiger partial charge in [-0.1, -0.05) is 0 Å². The molecule has 0 heterocycles. The number of anilines is 1. The van der Waals surface area contributed by atoms with E-state index in [2.05, 4.69) is 15.6 Å². The minimum atomic E-state index is -0.586. The first kappa shape index (κ1) is 19.8. The zero-order valence-corrected chi connectivity index (χ0v) is 15.2. The van der Waals surface area contributed by atoms with Gasteiger partial charge in [-0.2, -0.15) is 0 Å². The Morgan fingerprint density at radius 1 is 1.33 bits per heavy atom. The predicted octanol–water partition coefficient (Wildman–Crippen LogP) is 2.89. The maximum Gasteiger partial charge on any atom is 0.274 e. The van der Waals surface area contributed by atoms with Gasteiger partial charge in [0.05, 0.1) is 23.8 Å². The van der Waals surface area contributed by atoms with E-state index in [0.717, 1.165) is 6.07 Å². The van der Waals surface area contributed by atoms with Crippen LogP contribution in [0.1, 0.15) is 12.5 Å². The molecule has 9 nitrogen and oxygen atoms in total. The van der Waals surface area contributed by atoms with Crippen LogP contribution >= 0.6 is 12.2 Å². The van der Waals surface area contributed by atoms with Gasteiger partial charge in [0.25, 0.3) is 5.69 Å². The number of carbonyl (C=O) groups is 1. The van der Waals surface area contributed by atoms with Crippen LogP contribution in [0.25, 0.3) is 0 Å². The lowest BCUT2D eigenvalue weighted by molar-refractivity contribution is -0.385. The molecule has 2 rings (SSSR count). The van der Waals surface area contributed by atoms with Crippen LogP contribution in [0.4, 0.5) is 17.1 Å². The quantitative estimate of drug-likeness (QED) is 0.311. The number of thiocarbonyl (C=S) groups is 1. The predicted molar refractivity (Wildman–Crippen MR) is 105 cm³/mol. The van der Waals surface area contributed by atoms with Crippen molar-refractivity contribution >= 4 is 46.5 Å². The Kier molecular flexibility index (Phi) is 6.39. The van der Waals surface area contributed by atoms with Crippen molar-refractivity contribution in [2.24, 2.45) is 4.99 Å². The summed E-state index contributed by atoms with van der Waals surface area (Å²) in [6, 6.07) is 9.04. The zero-order valence-electron chi connectivity index (χ0n) is 14.4. The Bertz CT molecular complexity index is 912. The Balaban J connectivity index is 2.18. The average molecular weight is 388 g/mol. The summed E-state index contributed by atoms with van der Waals surface area (Å²) < 4.78 is 4.94. The van der Waals surface area contributed by atoms with Crippen molar-refractivity contribution in [1.29, 1.82) is 0 Å². The van der Waals surface area contributed by atoms with Gasteiger partial charge in [0, 0.05) is 30.5 Å². The second kappa shape index (κ2) is 8.72. The van der Waals surface area contributed by atoms with E-state index in [-0.39, 0.29) is 33.8 Å². The molecule has 0 radical (unpaired) electrons. The van der Waals surface area contributed by atoms with Crippen LogP contribution in [0.5, 0.6) is 11.5 Å².